The van der Waals surface area contributed by atoms with E-state index in [-0.39, 0.29) is 45.7 Å². The van der Waals surface area contributed by atoms with E-state index < -0.39 is 18.7 Å². The molecule has 1 fully saturated rings. The number of hydrogen-bond acceptors (Lipinski definition) is 6. The fourth-order valence-electron chi connectivity index (χ4n) is 3.33. The number of hydrogen-bond donors (Lipinski definition) is 3. The Labute approximate surface area is 182 Å². The standard InChI is InChI=1S/C21H23FN6O3/c1-4-28-18-12(10-25-28)14(22)7-16(19(18)31-3)26-15-8-17(27-20(29)11-5-6-11)24-9-13(15)21(30)23-2/h7-11H,4-6H2,1-3H3,(H,23,30)(H2,24,26,27,29)/i2D3. The molecule has 1 aliphatic rings. The second kappa shape index (κ2) is 8.21. The summed E-state index contributed by atoms with van der Waals surface area (Å²) < 4.78 is 44.0. The van der Waals surface area contributed by atoms with Crippen LogP contribution in [0.4, 0.5) is 21.6 Å². The topological polar surface area (TPSA) is 110 Å². The number of pyridine rings is 1. The van der Waals surface area contributed by atoms with Crippen LogP contribution in [-0.2, 0) is 11.3 Å². The number of amides is 2. The number of halogens is 1. The largest absolute Gasteiger partial charge is 0.492 e. The molecule has 9 nitrogen and oxygen atoms in total. The van der Waals surface area contributed by atoms with E-state index in [0.717, 1.165) is 19.0 Å². The number of nitrogens with zero attached hydrogens (tertiary/aromatic N) is 3. The number of carbonyl (C=O) groups is 2. The number of methoxy groups -OCH3 is 1. The Hall–Kier alpha value is -3.69. The number of nitrogens with one attached hydrogen (secondary N) is 3. The molecule has 1 aromatic carbocycles. The summed E-state index contributed by atoms with van der Waals surface area (Å²) >= 11 is 0. The van der Waals surface area contributed by atoms with E-state index in [2.05, 4.69) is 20.7 Å². The van der Waals surface area contributed by atoms with E-state index >= 15 is 0 Å². The maximum absolute atomic E-state index is 14.9. The van der Waals surface area contributed by atoms with Crippen LogP contribution < -0.4 is 20.7 Å². The summed E-state index contributed by atoms with van der Waals surface area (Å²) in [6, 6.07) is 2.57. The maximum Gasteiger partial charge on any atom is 0.254 e. The summed E-state index contributed by atoms with van der Waals surface area (Å²) in [5, 5.41) is 12.0. The number of aromatic nitrogens is 3. The first-order valence-corrected chi connectivity index (χ1v) is 9.73. The Morgan fingerprint density at radius 3 is 2.81 bits per heavy atom. The van der Waals surface area contributed by atoms with Gasteiger partial charge in [-0.1, -0.05) is 0 Å². The smallest absolute Gasteiger partial charge is 0.254 e. The second-order valence-corrected chi connectivity index (χ2v) is 7.12. The Kier molecular flexibility index (Phi) is 4.51. The molecule has 0 aliphatic heterocycles. The van der Waals surface area contributed by atoms with Crippen LogP contribution in [-0.4, -0.2) is 40.7 Å². The average Bonchev–Trinajstić information content (AvgIpc) is 3.52. The Bertz CT molecular complexity index is 1270. The number of benzene rings is 1. The Morgan fingerprint density at radius 2 is 2.13 bits per heavy atom. The van der Waals surface area contributed by atoms with Gasteiger partial charge in [0.15, 0.2) is 5.75 Å². The highest BCUT2D eigenvalue weighted by molar-refractivity contribution is 6.02. The van der Waals surface area contributed by atoms with Crippen molar-refractivity contribution < 1.29 is 22.8 Å². The van der Waals surface area contributed by atoms with Crippen LogP contribution >= 0.6 is 0 Å². The molecule has 10 heteroatoms. The fraction of sp³-hybridized carbons (Fsp3) is 0.333. The van der Waals surface area contributed by atoms with Gasteiger partial charge in [0.1, 0.15) is 17.2 Å². The molecule has 1 aliphatic carbocycles. The molecule has 3 aromatic rings. The van der Waals surface area contributed by atoms with Crippen molar-refractivity contribution in [2.45, 2.75) is 26.3 Å². The normalized spacial score (nSPS) is 15.0. The van der Waals surface area contributed by atoms with Crippen LogP contribution in [0.2, 0.25) is 0 Å². The lowest BCUT2D eigenvalue weighted by Gasteiger charge is -2.17. The van der Waals surface area contributed by atoms with Gasteiger partial charge in [-0.25, -0.2) is 9.37 Å². The second-order valence-electron chi connectivity index (χ2n) is 7.12. The quantitative estimate of drug-likeness (QED) is 0.533. The molecule has 0 radical (unpaired) electrons. The first-order chi connectivity index (χ1) is 16.1. The number of carbonyl (C=O) groups excluding carboxylic acids is 2. The summed E-state index contributed by atoms with van der Waals surface area (Å²) in [5.74, 6) is -1.34. The van der Waals surface area contributed by atoms with Gasteiger partial charge in [-0.05, 0) is 19.8 Å². The SMILES string of the molecule is [2H]C([2H])([2H])NC(=O)c1cnc(NC(=O)C2CC2)cc1Nc1cc(F)c2cnn(CC)c2c1OC. The fourth-order valence-corrected chi connectivity index (χ4v) is 3.33. The van der Waals surface area contributed by atoms with E-state index in [1.165, 1.54) is 25.4 Å². The molecule has 162 valence electrons. The van der Waals surface area contributed by atoms with Gasteiger partial charge in [0.25, 0.3) is 5.91 Å². The monoisotopic (exact) mass is 429 g/mol. The summed E-state index contributed by atoms with van der Waals surface area (Å²) in [4.78, 5) is 28.9. The molecule has 31 heavy (non-hydrogen) atoms. The van der Waals surface area contributed by atoms with Crippen LogP contribution in [0.25, 0.3) is 10.9 Å². The van der Waals surface area contributed by atoms with Crippen molar-refractivity contribution >= 4 is 39.9 Å². The van der Waals surface area contributed by atoms with Crippen molar-refractivity contribution in [2.75, 3.05) is 24.7 Å². The lowest BCUT2D eigenvalue weighted by atomic mass is 10.1. The highest BCUT2D eigenvalue weighted by Crippen LogP contribution is 2.38. The zero-order chi connectivity index (χ0) is 24.6. The summed E-state index contributed by atoms with van der Waals surface area (Å²) in [5.41, 5.74) is 0.572. The molecule has 1 saturated carbocycles. The van der Waals surface area contributed by atoms with Crippen molar-refractivity contribution in [2.24, 2.45) is 5.92 Å². The summed E-state index contributed by atoms with van der Waals surface area (Å²) in [7, 11) is 1.42. The summed E-state index contributed by atoms with van der Waals surface area (Å²) in [6.07, 6.45) is 4.12. The van der Waals surface area contributed by atoms with Gasteiger partial charge in [0.05, 0.1) is 35.6 Å². The third-order valence-corrected chi connectivity index (χ3v) is 5.06. The van der Waals surface area contributed by atoms with Crippen LogP contribution in [0.3, 0.4) is 0 Å². The lowest BCUT2D eigenvalue weighted by molar-refractivity contribution is -0.117. The van der Waals surface area contributed by atoms with E-state index in [0.29, 0.717) is 12.1 Å². The van der Waals surface area contributed by atoms with Crippen molar-refractivity contribution in [1.29, 1.82) is 0 Å². The predicted octanol–water partition coefficient (Wildman–Crippen LogP) is 3.05. The molecule has 0 bridgehead atoms. The molecule has 4 rings (SSSR count). The van der Waals surface area contributed by atoms with Crippen LogP contribution in [0.5, 0.6) is 5.75 Å². The number of aryl methyl sites for hydroxylation is 1. The zero-order valence-electron chi connectivity index (χ0n) is 20.0. The molecule has 0 unspecified atom stereocenters. The molecule has 2 heterocycles. The minimum absolute atomic E-state index is 0.0809. The van der Waals surface area contributed by atoms with E-state index in [1.54, 1.807) is 4.68 Å². The van der Waals surface area contributed by atoms with Crippen molar-refractivity contribution in [1.82, 2.24) is 20.1 Å². The van der Waals surface area contributed by atoms with E-state index in [9.17, 15) is 14.0 Å². The number of ether oxygens (including phenoxy) is 1. The first kappa shape index (κ1) is 17.0. The van der Waals surface area contributed by atoms with Crippen LogP contribution in [0.15, 0.2) is 24.5 Å². The number of rotatable bonds is 7. The maximum atomic E-state index is 14.9. The van der Waals surface area contributed by atoms with Gasteiger partial charge in [0.2, 0.25) is 5.91 Å². The highest BCUT2D eigenvalue weighted by atomic mass is 19.1. The molecule has 3 N–H and O–H groups in total. The minimum Gasteiger partial charge on any atom is -0.492 e. The van der Waals surface area contributed by atoms with Crippen molar-refractivity contribution in [3.63, 3.8) is 0 Å². The highest BCUT2D eigenvalue weighted by Gasteiger charge is 2.30. The first-order valence-electron chi connectivity index (χ1n) is 11.2. The van der Waals surface area contributed by atoms with Crippen LogP contribution in [0.1, 0.15) is 34.2 Å². The van der Waals surface area contributed by atoms with Crippen LogP contribution in [0, 0.1) is 11.7 Å². The molecule has 0 spiro atoms. The Morgan fingerprint density at radius 1 is 1.32 bits per heavy atom. The third kappa shape index (κ3) is 3.88. The number of fused-ring (bicyclic) bond motifs is 1. The van der Waals surface area contributed by atoms with Gasteiger partial charge in [-0.15, -0.1) is 0 Å². The van der Waals surface area contributed by atoms with Gasteiger partial charge in [-0.2, -0.15) is 5.10 Å². The molecule has 2 aromatic heterocycles. The summed E-state index contributed by atoms with van der Waals surface area (Å²) in [6.45, 7) is -0.427. The minimum atomic E-state index is -2.73. The van der Waals surface area contributed by atoms with E-state index in [4.69, 9.17) is 8.85 Å². The molecule has 0 atom stereocenters. The van der Waals surface area contributed by atoms with Gasteiger partial charge in [0, 0.05) is 41.9 Å². The Balaban J connectivity index is 1.79. The van der Waals surface area contributed by atoms with Gasteiger partial charge in [-0.3, -0.25) is 14.3 Å². The van der Waals surface area contributed by atoms with Gasteiger partial charge >= 0.3 is 0 Å². The molecular formula is C21H23FN6O3. The predicted molar refractivity (Wildman–Crippen MR) is 114 cm³/mol. The lowest BCUT2D eigenvalue weighted by Crippen LogP contribution is -2.20. The molecular weight excluding hydrogens is 403 g/mol. The van der Waals surface area contributed by atoms with Crippen molar-refractivity contribution in [3.8, 4) is 5.75 Å². The van der Waals surface area contributed by atoms with E-state index in [1.807, 2.05) is 12.2 Å². The van der Waals surface area contributed by atoms with Crippen molar-refractivity contribution in [3.05, 3.63) is 35.9 Å². The zero-order valence-corrected chi connectivity index (χ0v) is 17.0. The number of anilines is 3. The third-order valence-electron chi connectivity index (χ3n) is 5.06. The molecule has 2 amide bonds. The van der Waals surface area contributed by atoms with Gasteiger partial charge < -0.3 is 20.7 Å². The average molecular weight is 429 g/mol. The molecule has 0 saturated heterocycles.